The van der Waals surface area contributed by atoms with Crippen molar-refractivity contribution in [3.8, 4) is 0 Å². The minimum absolute atomic E-state index is 0.0549. The quantitative estimate of drug-likeness (QED) is 0.738. The molecule has 4 N–H and O–H groups in total. The maximum Gasteiger partial charge on any atom is 0.231 e. The molecule has 2 heterocycles. The third kappa shape index (κ3) is 4.07. The van der Waals surface area contributed by atoms with Crippen molar-refractivity contribution in [2.75, 3.05) is 19.6 Å². The van der Waals surface area contributed by atoms with E-state index in [9.17, 15) is 9.59 Å². The van der Waals surface area contributed by atoms with Crippen LogP contribution in [-0.4, -0.2) is 41.3 Å². The average Bonchev–Trinajstić information content (AvgIpc) is 2.95. The lowest BCUT2D eigenvalue weighted by Gasteiger charge is -2.31. The predicted molar refractivity (Wildman–Crippen MR) is 103 cm³/mol. The number of rotatable bonds is 6. The summed E-state index contributed by atoms with van der Waals surface area (Å²) in [6.07, 6.45) is 2.76. The number of aryl methyl sites for hydroxylation is 2. The molecule has 1 aliphatic rings. The van der Waals surface area contributed by atoms with Crippen LogP contribution in [0.4, 0.5) is 0 Å². The topological polar surface area (TPSA) is 91.2 Å². The van der Waals surface area contributed by atoms with E-state index in [4.69, 9.17) is 5.73 Å². The lowest BCUT2D eigenvalue weighted by molar-refractivity contribution is -0.128. The van der Waals surface area contributed by atoms with Crippen molar-refractivity contribution in [1.82, 2.24) is 15.2 Å². The highest BCUT2D eigenvalue weighted by Gasteiger charge is 2.26. The molecule has 0 unspecified atom stereocenters. The number of hydrogen-bond acceptors (Lipinski definition) is 3. The molecule has 6 nitrogen and oxygen atoms in total. The number of nitrogens with zero attached hydrogens (tertiary/aromatic N) is 1. The van der Waals surface area contributed by atoms with Gasteiger partial charge in [0, 0.05) is 29.7 Å². The monoisotopic (exact) mass is 356 g/mol. The number of H-pyrrole nitrogens is 1. The van der Waals surface area contributed by atoms with Gasteiger partial charge in [-0.25, -0.2) is 0 Å². The van der Waals surface area contributed by atoms with E-state index >= 15 is 0 Å². The summed E-state index contributed by atoms with van der Waals surface area (Å²) in [7, 11) is 0. The number of carbonyl (C=O) groups is 2. The predicted octanol–water partition coefficient (Wildman–Crippen LogP) is 1.85. The van der Waals surface area contributed by atoms with Gasteiger partial charge in [0.15, 0.2) is 0 Å². The van der Waals surface area contributed by atoms with Crippen LogP contribution >= 0.6 is 0 Å². The number of likely N-dealkylation sites (tertiary alicyclic amines) is 1. The van der Waals surface area contributed by atoms with E-state index in [0.717, 1.165) is 36.9 Å². The number of piperidine rings is 1. The van der Waals surface area contributed by atoms with Crippen molar-refractivity contribution in [1.29, 1.82) is 0 Å². The molecule has 140 valence electrons. The van der Waals surface area contributed by atoms with E-state index in [1.54, 1.807) is 0 Å². The number of aromatic nitrogens is 1. The van der Waals surface area contributed by atoms with Gasteiger partial charge in [-0.2, -0.15) is 0 Å². The van der Waals surface area contributed by atoms with E-state index in [1.165, 1.54) is 16.6 Å². The first-order valence-electron chi connectivity index (χ1n) is 9.36. The van der Waals surface area contributed by atoms with Crippen molar-refractivity contribution in [2.24, 2.45) is 11.7 Å². The van der Waals surface area contributed by atoms with Crippen molar-refractivity contribution >= 4 is 22.7 Å². The van der Waals surface area contributed by atoms with Crippen LogP contribution in [0.2, 0.25) is 0 Å². The van der Waals surface area contributed by atoms with Crippen LogP contribution in [0.1, 0.15) is 36.6 Å². The lowest BCUT2D eigenvalue weighted by Crippen LogP contribution is -2.45. The van der Waals surface area contributed by atoms with Gasteiger partial charge < -0.3 is 16.0 Å². The van der Waals surface area contributed by atoms with E-state index in [1.807, 2.05) is 4.90 Å². The Labute approximate surface area is 154 Å². The summed E-state index contributed by atoms with van der Waals surface area (Å²) < 4.78 is 0. The summed E-state index contributed by atoms with van der Waals surface area (Å²) in [6, 6.07) is 6.29. The lowest BCUT2D eigenvalue weighted by atomic mass is 9.97. The van der Waals surface area contributed by atoms with Gasteiger partial charge >= 0.3 is 0 Å². The van der Waals surface area contributed by atoms with E-state index in [2.05, 4.69) is 42.3 Å². The molecular weight excluding hydrogens is 328 g/mol. The second-order valence-electron chi connectivity index (χ2n) is 7.22. The molecule has 0 aliphatic carbocycles. The zero-order chi connectivity index (χ0) is 18.7. The number of nitrogens with two attached hydrogens (primary N) is 1. The SMILES string of the molecule is CCc1[nH]c2ccc(CNC(=O)[C@@H]3CCCN(CC(N)=O)C3)cc2c1C. The van der Waals surface area contributed by atoms with Gasteiger partial charge in [0.2, 0.25) is 11.8 Å². The summed E-state index contributed by atoms with van der Waals surface area (Å²) in [5.41, 5.74) is 10.0. The Balaban J connectivity index is 1.61. The number of primary amides is 1. The molecule has 2 aromatic rings. The Morgan fingerprint density at radius 3 is 2.92 bits per heavy atom. The third-order valence-corrected chi connectivity index (χ3v) is 5.30. The minimum atomic E-state index is -0.340. The highest BCUT2D eigenvalue weighted by Crippen LogP contribution is 2.23. The molecule has 0 bridgehead atoms. The van der Waals surface area contributed by atoms with Crippen molar-refractivity contribution < 1.29 is 9.59 Å². The number of amides is 2. The smallest absolute Gasteiger partial charge is 0.231 e. The summed E-state index contributed by atoms with van der Waals surface area (Å²) in [4.78, 5) is 29.0. The maximum atomic E-state index is 12.5. The third-order valence-electron chi connectivity index (χ3n) is 5.30. The first kappa shape index (κ1) is 18.5. The molecule has 3 rings (SSSR count). The number of aromatic amines is 1. The first-order valence-corrected chi connectivity index (χ1v) is 9.36. The number of nitrogens with one attached hydrogen (secondary N) is 2. The summed E-state index contributed by atoms with van der Waals surface area (Å²) in [5.74, 6) is -0.362. The average molecular weight is 356 g/mol. The van der Waals surface area contributed by atoms with Crippen molar-refractivity contribution in [2.45, 2.75) is 39.7 Å². The molecule has 2 amide bonds. The molecule has 6 heteroatoms. The Kier molecular flexibility index (Phi) is 5.61. The molecule has 1 aliphatic heterocycles. The van der Waals surface area contributed by atoms with Gasteiger partial charge in [0.25, 0.3) is 0 Å². The second-order valence-corrected chi connectivity index (χ2v) is 7.22. The molecule has 1 aromatic heterocycles. The van der Waals surface area contributed by atoms with Crippen LogP contribution < -0.4 is 11.1 Å². The van der Waals surface area contributed by atoms with Crippen LogP contribution in [0.15, 0.2) is 18.2 Å². The summed E-state index contributed by atoms with van der Waals surface area (Å²) in [5, 5.41) is 4.28. The highest BCUT2D eigenvalue weighted by atomic mass is 16.2. The standard InChI is InChI=1S/C20H28N4O2/c1-3-17-13(2)16-9-14(6-7-18(16)23-17)10-22-20(26)15-5-4-8-24(11-15)12-19(21)25/h6-7,9,15,23H,3-5,8,10-12H2,1-2H3,(H2,21,25)(H,22,26)/t15-/m1/s1. The van der Waals surface area contributed by atoms with Crippen LogP contribution in [0.3, 0.4) is 0 Å². The van der Waals surface area contributed by atoms with Crippen molar-refractivity contribution in [3.05, 3.63) is 35.0 Å². The molecule has 1 fully saturated rings. The maximum absolute atomic E-state index is 12.5. The fraction of sp³-hybridized carbons (Fsp3) is 0.500. The Morgan fingerprint density at radius 2 is 2.19 bits per heavy atom. The summed E-state index contributed by atoms with van der Waals surface area (Å²) in [6.45, 7) is 6.46. The normalized spacial score (nSPS) is 18.2. The fourth-order valence-corrected chi connectivity index (χ4v) is 3.86. The van der Waals surface area contributed by atoms with Gasteiger partial charge in [-0.05, 0) is 56.0 Å². The highest BCUT2D eigenvalue weighted by molar-refractivity contribution is 5.85. The first-order chi connectivity index (χ1) is 12.5. The van der Waals surface area contributed by atoms with Crippen LogP contribution in [0, 0.1) is 12.8 Å². The molecule has 1 atom stereocenters. The number of benzene rings is 1. The molecule has 1 aromatic carbocycles. The second kappa shape index (κ2) is 7.91. The van der Waals surface area contributed by atoms with Crippen LogP contribution in [0.25, 0.3) is 10.9 Å². The van der Waals surface area contributed by atoms with Crippen molar-refractivity contribution in [3.63, 3.8) is 0 Å². The van der Waals surface area contributed by atoms with E-state index < -0.39 is 0 Å². The zero-order valence-corrected chi connectivity index (χ0v) is 15.6. The number of carbonyl (C=O) groups excluding carboxylic acids is 2. The number of hydrogen-bond donors (Lipinski definition) is 3. The largest absolute Gasteiger partial charge is 0.369 e. The van der Waals surface area contributed by atoms with E-state index in [-0.39, 0.29) is 24.3 Å². The molecule has 0 spiro atoms. The van der Waals surface area contributed by atoms with Gasteiger partial charge in [-0.15, -0.1) is 0 Å². The molecule has 1 saturated heterocycles. The summed E-state index contributed by atoms with van der Waals surface area (Å²) >= 11 is 0. The zero-order valence-electron chi connectivity index (χ0n) is 15.6. The number of fused-ring (bicyclic) bond motifs is 1. The van der Waals surface area contributed by atoms with Gasteiger partial charge in [0.1, 0.15) is 0 Å². The van der Waals surface area contributed by atoms with Crippen LogP contribution in [-0.2, 0) is 22.6 Å². The van der Waals surface area contributed by atoms with Gasteiger partial charge in [0.05, 0.1) is 12.5 Å². The molecular formula is C20H28N4O2. The molecule has 26 heavy (non-hydrogen) atoms. The molecule has 0 radical (unpaired) electrons. The minimum Gasteiger partial charge on any atom is -0.369 e. The Bertz CT molecular complexity index is 811. The Morgan fingerprint density at radius 1 is 1.38 bits per heavy atom. The molecule has 0 saturated carbocycles. The Hall–Kier alpha value is -2.34. The van der Waals surface area contributed by atoms with E-state index in [0.29, 0.717) is 13.1 Å². The van der Waals surface area contributed by atoms with Gasteiger partial charge in [-0.1, -0.05) is 13.0 Å². The van der Waals surface area contributed by atoms with Gasteiger partial charge in [-0.3, -0.25) is 14.5 Å². The fourth-order valence-electron chi connectivity index (χ4n) is 3.86. The van der Waals surface area contributed by atoms with Crippen LogP contribution in [0.5, 0.6) is 0 Å².